The summed E-state index contributed by atoms with van der Waals surface area (Å²) in [7, 11) is 1.76. The first-order valence-corrected chi connectivity index (χ1v) is 10.0. The van der Waals surface area contributed by atoms with E-state index >= 15 is 0 Å². The predicted molar refractivity (Wildman–Crippen MR) is 107 cm³/mol. The zero-order valence-corrected chi connectivity index (χ0v) is 17.2. The fourth-order valence-electron chi connectivity index (χ4n) is 2.26. The first-order valence-electron chi connectivity index (χ1n) is 10.0. The summed E-state index contributed by atoms with van der Waals surface area (Å²) in [5, 5.41) is 0. The summed E-state index contributed by atoms with van der Waals surface area (Å²) in [6, 6.07) is 0. The number of hydrogen-bond acceptors (Lipinski definition) is 1. The summed E-state index contributed by atoms with van der Waals surface area (Å²) < 4.78 is 5.22. The van der Waals surface area contributed by atoms with E-state index in [1.54, 1.807) is 12.7 Å². The molecule has 1 atom stereocenters. The zero-order chi connectivity index (χ0) is 17.9. The van der Waals surface area contributed by atoms with Crippen LogP contribution >= 0.6 is 0 Å². The number of unbranched alkanes of at least 4 members (excludes halogenated alkanes) is 4. The van der Waals surface area contributed by atoms with Crippen molar-refractivity contribution in [1.82, 2.24) is 0 Å². The predicted octanol–water partition coefficient (Wildman–Crippen LogP) is 8.07. The van der Waals surface area contributed by atoms with Crippen molar-refractivity contribution in [3.05, 3.63) is 23.5 Å². The fourth-order valence-corrected chi connectivity index (χ4v) is 2.26. The van der Waals surface area contributed by atoms with Gasteiger partial charge >= 0.3 is 0 Å². The van der Waals surface area contributed by atoms with Gasteiger partial charge in [0.05, 0.1) is 12.9 Å². The van der Waals surface area contributed by atoms with Crippen molar-refractivity contribution in [1.29, 1.82) is 0 Å². The third kappa shape index (κ3) is 15.9. The Balaban J connectivity index is 0. The Morgan fingerprint density at radius 1 is 0.826 bits per heavy atom. The van der Waals surface area contributed by atoms with Crippen LogP contribution in [0.2, 0.25) is 0 Å². The summed E-state index contributed by atoms with van der Waals surface area (Å²) in [5.41, 5.74) is 1.60. The lowest BCUT2D eigenvalue weighted by atomic mass is 9.89. The van der Waals surface area contributed by atoms with Gasteiger partial charge in [0.15, 0.2) is 0 Å². The second kappa shape index (κ2) is 19.3. The van der Waals surface area contributed by atoms with Crippen LogP contribution in [-0.2, 0) is 4.74 Å². The topological polar surface area (TPSA) is 9.23 Å². The van der Waals surface area contributed by atoms with E-state index in [2.05, 4.69) is 53.7 Å². The van der Waals surface area contributed by atoms with Crippen molar-refractivity contribution < 1.29 is 4.74 Å². The second-order valence-electron chi connectivity index (χ2n) is 6.48. The van der Waals surface area contributed by atoms with Gasteiger partial charge < -0.3 is 4.74 Å². The summed E-state index contributed by atoms with van der Waals surface area (Å²) in [5.74, 6) is 1.88. The molecular formula is C22H44O. The normalized spacial score (nSPS) is 14.4. The Hall–Kier alpha value is -0.720. The van der Waals surface area contributed by atoms with Gasteiger partial charge in [-0.25, -0.2) is 0 Å². The van der Waals surface area contributed by atoms with E-state index in [1.165, 1.54) is 57.8 Å². The van der Waals surface area contributed by atoms with Crippen LogP contribution in [0.15, 0.2) is 23.5 Å². The first kappa shape index (κ1) is 24.5. The molecule has 0 spiro atoms. The molecule has 0 aromatic carbocycles. The van der Waals surface area contributed by atoms with Gasteiger partial charge in [0.2, 0.25) is 0 Å². The molecule has 0 fully saturated rings. The lowest BCUT2D eigenvalue weighted by Gasteiger charge is -2.19. The van der Waals surface area contributed by atoms with Gasteiger partial charge in [0.1, 0.15) is 0 Å². The number of hydrogen-bond donors (Lipinski definition) is 0. The monoisotopic (exact) mass is 324 g/mol. The molecular weight excluding hydrogens is 280 g/mol. The van der Waals surface area contributed by atoms with Gasteiger partial charge in [0.25, 0.3) is 0 Å². The maximum absolute atomic E-state index is 5.22. The second-order valence-corrected chi connectivity index (χ2v) is 6.48. The zero-order valence-electron chi connectivity index (χ0n) is 17.2. The summed E-state index contributed by atoms with van der Waals surface area (Å²) in [6.07, 6.45) is 17.3. The molecule has 0 bridgehead atoms. The number of ether oxygens (including phenoxy) is 1. The molecule has 0 radical (unpaired) electrons. The Bertz CT molecular complexity index is 284. The minimum atomic E-state index is 0.754. The molecule has 1 nitrogen and oxygen atoms in total. The third-order valence-electron chi connectivity index (χ3n) is 4.24. The summed E-state index contributed by atoms with van der Waals surface area (Å²) in [6.45, 7) is 13.4. The third-order valence-corrected chi connectivity index (χ3v) is 4.24. The molecule has 0 aliphatic heterocycles. The van der Waals surface area contributed by atoms with E-state index in [0.29, 0.717) is 0 Å². The largest absolute Gasteiger partial charge is 0.501 e. The molecule has 0 saturated heterocycles. The minimum absolute atomic E-state index is 0.754. The molecule has 1 unspecified atom stereocenters. The summed E-state index contributed by atoms with van der Waals surface area (Å²) in [4.78, 5) is 0. The van der Waals surface area contributed by atoms with Crippen LogP contribution in [0.3, 0.4) is 0 Å². The van der Waals surface area contributed by atoms with E-state index in [9.17, 15) is 0 Å². The Morgan fingerprint density at radius 3 is 1.70 bits per heavy atom. The Morgan fingerprint density at radius 2 is 1.39 bits per heavy atom. The highest BCUT2D eigenvalue weighted by atomic mass is 16.5. The number of methoxy groups -OCH3 is 1. The maximum Gasteiger partial charge on any atom is 0.0958 e. The van der Waals surface area contributed by atoms with Gasteiger partial charge in [-0.1, -0.05) is 98.1 Å². The molecule has 0 N–H and O–H groups in total. The molecule has 0 heterocycles. The lowest BCUT2D eigenvalue weighted by molar-refractivity contribution is 0.274. The molecule has 1 heteroatoms. The lowest BCUT2D eigenvalue weighted by Crippen LogP contribution is -2.04. The average Bonchev–Trinajstić information content (AvgIpc) is 2.61. The maximum atomic E-state index is 5.22. The van der Waals surface area contributed by atoms with Gasteiger partial charge in [-0.3, -0.25) is 0 Å². The van der Waals surface area contributed by atoms with E-state index in [0.717, 1.165) is 18.1 Å². The van der Waals surface area contributed by atoms with Crippen LogP contribution in [0, 0.1) is 5.92 Å². The quantitative estimate of drug-likeness (QED) is 0.438. The highest BCUT2D eigenvalue weighted by Gasteiger charge is 2.12. The molecule has 0 amide bonds. The highest BCUT2D eigenvalue weighted by molar-refractivity contribution is 5.22. The molecule has 1 rings (SSSR count). The number of allylic oxidation sites excluding steroid dienone is 4. The van der Waals surface area contributed by atoms with Crippen LogP contribution in [0.1, 0.15) is 106 Å². The van der Waals surface area contributed by atoms with Gasteiger partial charge in [0, 0.05) is 6.42 Å². The Kier molecular flexibility index (Phi) is 20.6. The van der Waals surface area contributed by atoms with Crippen molar-refractivity contribution in [3.8, 4) is 0 Å². The molecule has 0 aromatic rings. The van der Waals surface area contributed by atoms with E-state index in [4.69, 9.17) is 4.74 Å². The molecule has 23 heavy (non-hydrogen) atoms. The Labute approximate surface area is 147 Å². The fraction of sp³-hybridized carbons (Fsp3) is 0.818. The van der Waals surface area contributed by atoms with Crippen LogP contribution in [0.4, 0.5) is 0 Å². The van der Waals surface area contributed by atoms with E-state index < -0.39 is 0 Å². The van der Waals surface area contributed by atoms with Crippen LogP contribution in [0.25, 0.3) is 0 Å². The van der Waals surface area contributed by atoms with Gasteiger partial charge in [-0.2, -0.15) is 0 Å². The van der Waals surface area contributed by atoms with Crippen LogP contribution < -0.4 is 0 Å². The van der Waals surface area contributed by atoms with Gasteiger partial charge in [-0.15, -0.1) is 0 Å². The standard InChI is InChI=1S/C13H22O.C5H12.C4H10/c1-4-5-6-11(2)12-7-9-13(14-3)10-8-12;1-3-5-4-2;1-3-4-2/h7,9,11H,4-6,8,10H2,1-3H3;3-5H2,1-2H3;3-4H2,1-2H3. The molecule has 1 aliphatic carbocycles. The van der Waals surface area contributed by atoms with E-state index in [1.807, 2.05) is 0 Å². The highest BCUT2D eigenvalue weighted by Crippen LogP contribution is 2.27. The smallest absolute Gasteiger partial charge is 0.0958 e. The molecule has 138 valence electrons. The SMILES string of the molecule is CCCC.CCCCC.CCCCC(C)C1=CC=C(OC)CC1. The molecule has 0 saturated carbocycles. The first-order chi connectivity index (χ1) is 11.1. The van der Waals surface area contributed by atoms with Crippen molar-refractivity contribution in [2.75, 3.05) is 7.11 Å². The van der Waals surface area contributed by atoms with E-state index in [-0.39, 0.29) is 0 Å². The van der Waals surface area contributed by atoms with Gasteiger partial charge in [-0.05, 0) is 24.8 Å². The van der Waals surface area contributed by atoms with Crippen molar-refractivity contribution in [2.24, 2.45) is 5.92 Å². The minimum Gasteiger partial charge on any atom is -0.501 e. The average molecular weight is 325 g/mol. The van der Waals surface area contributed by atoms with Crippen molar-refractivity contribution >= 4 is 0 Å². The number of rotatable bonds is 8. The molecule has 0 aromatic heterocycles. The van der Waals surface area contributed by atoms with Crippen LogP contribution in [-0.4, -0.2) is 7.11 Å². The molecule has 1 aliphatic rings. The summed E-state index contributed by atoms with van der Waals surface area (Å²) >= 11 is 0. The van der Waals surface area contributed by atoms with Crippen molar-refractivity contribution in [2.45, 2.75) is 106 Å². The van der Waals surface area contributed by atoms with Crippen molar-refractivity contribution in [3.63, 3.8) is 0 Å². The van der Waals surface area contributed by atoms with Crippen LogP contribution in [0.5, 0.6) is 0 Å².